The highest BCUT2D eigenvalue weighted by Gasteiger charge is 2.16. The maximum absolute atomic E-state index is 5.40. The van der Waals surface area contributed by atoms with E-state index < -0.39 is 0 Å². The molecular weight excluding hydrogens is 252 g/mol. The molecule has 0 amide bonds. The molecule has 1 aliphatic heterocycles. The maximum Gasteiger partial charge on any atom is 0.142 e. The number of hydrogen-bond donors (Lipinski definition) is 2. The van der Waals surface area contributed by atoms with Crippen LogP contribution in [0.3, 0.4) is 0 Å². The van der Waals surface area contributed by atoms with Gasteiger partial charge in [-0.1, -0.05) is 6.42 Å². The summed E-state index contributed by atoms with van der Waals surface area (Å²) in [6, 6.07) is 6.86. The molecule has 2 rings (SSSR count). The van der Waals surface area contributed by atoms with Gasteiger partial charge >= 0.3 is 0 Å². The Morgan fingerprint density at radius 1 is 1.30 bits per heavy atom. The summed E-state index contributed by atoms with van der Waals surface area (Å²) in [5.74, 6) is 1.70. The standard InChI is InChI=1S/C16H26N2O2/c1-12(10-13-6-4-5-9-17-13)18-15-11-14(19-2)7-8-16(15)20-3/h7-8,11-13,17-18H,4-6,9-10H2,1-3H3. The van der Waals surface area contributed by atoms with Crippen LogP contribution >= 0.6 is 0 Å². The average Bonchev–Trinajstić information content (AvgIpc) is 2.48. The quantitative estimate of drug-likeness (QED) is 0.839. The van der Waals surface area contributed by atoms with Gasteiger partial charge in [0.15, 0.2) is 0 Å². The van der Waals surface area contributed by atoms with Crippen LogP contribution in [0, 0.1) is 0 Å². The van der Waals surface area contributed by atoms with Crippen molar-refractivity contribution >= 4 is 5.69 Å². The lowest BCUT2D eigenvalue weighted by Crippen LogP contribution is -2.37. The summed E-state index contributed by atoms with van der Waals surface area (Å²) in [4.78, 5) is 0. The molecule has 1 aromatic carbocycles. The van der Waals surface area contributed by atoms with Crippen LogP contribution < -0.4 is 20.1 Å². The van der Waals surface area contributed by atoms with E-state index in [0.717, 1.165) is 30.2 Å². The first kappa shape index (κ1) is 15.0. The molecular formula is C16H26N2O2. The van der Waals surface area contributed by atoms with Gasteiger partial charge in [-0.05, 0) is 44.9 Å². The van der Waals surface area contributed by atoms with E-state index in [4.69, 9.17) is 9.47 Å². The van der Waals surface area contributed by atoms with Gasteiger partial charge in [-0.3, -0.25) is 0 Å². The van der Waals surface area contributed by atoms with Gasteiger partial charge in [0.25, 0.3) is 0 Å². The van der Waals surface area contributed by atoms with Crippen molar-refractivity contribution in [1.29, 1.82) is 0 Å². The summed E-state index contributed by atoms with van der Waals surface area (Å²) in [5, 5.41) is 7.13. The molecule has 1 aromatic rings. The van der Waals surface area contributed by atoms with Crippen molar-refractivity contribution in [2.24, 2.45) is 0 Å². The molecule has 0 radical (unpaired) electrons. The van der Waals surface area contributed by atoms with E-state index in [-0.39, 0.29) is 0 Å². The highest BCUT2D eigenvalue weighted by atomic mass is 16.5. The van der Waals surface area contributed by atoms with Crippen LogP contribution in [0.5, 0.6) is 11.5 Å². The molecule has 1 aliphatic rings. The molecule has 2 atom stereocenters. The smallest absolute Gasteiger partial charge is 0.142 e. The maximum atomic E-state index is 5.40. The van der Waals surface area contributed by atoms with E-state index in [1.54, 1.807) is 14.2 Å². The molecule has 4 heteroatoms. The molecule has 0 spiro atoms. The second-order valence-corrected chi connectivity index (χ2v) is 5.49. The van der Waals surface area contributed by atoms with Gasteiger partial charge in [0, 0.05) is 18.2 Å². The van der Waals surface area contributed by atoms with Gasteiger partial charge in [0.2, 0.25) is 0 Å². The van der Waals surface area contributed by atoms with Crippen molar-refractivity contribution in [1.82, 2.24) is 5.32 Å². The van der Waals surface area contributed by atoms with Gasteiger partial charge in [-0.15, -0.1) is 0 Å². The molecule has 1 fully saturated rings. The van der Waals surface area contributed by atoms with Crippen LogP contribution in [0.1, 0.15) is 32.6 Å². The monoisotopic (exact) mass is 278 g/mol. The van der Waals surface area contributed by atoms with Crippen LogP contribution in [0.2, 0.25) is 0 Å². The summed E-state index contributed by atoms with van der Waals surface area (Å²) >= 11 is 0. The number of hydrogen-bond acceptors (Lipinski definition) is 4. The molecule has 1 saturated heterocycles. The minimum Gasteiger partial charge on any atom is -0.497 e. The van der Waals surface area contributed by atoms with Crippen LogP contribution in [0.15, 0.2) is 18.2 Å². The fourth-order valence-corrected chi connectivity index (χ4v) is 2.80. The Morgan fingerprint density at radius 2 is 2.15 bits per heavy atom. The van der Waals surface area contributed by atoms with Crippen molar-refractivity contribution in [3.05, 3.63) is 18.2 Å². The Labute approximate surface area is 121 Å². The predicted octanol–water partition coefficient (Wildman–Crippen LogP) is 3.04. The zero-order valence-electron chi connectivity index (χ0n) is 12.7. The third-order valence-electron chi connectivity index (χ3n) is 3.86. The van der Waals surface area contributed by atoms with Crippen molar-refractivity contribution in [3.8, 4) is 11.5 Å². The van der Waals surface area contributed by atoms with E-state index in [0.29, 0.717) is 12.1 Å². The van der Waals surface area contributed by atoms with Gasteiger partial charge in [-0.25, -0.2) is 0 Å². The third kappa shape index (κ3) is 4.04. The van der Waals surface area contributed by atoms with E-state index >= 15 is 0 Å². The lowest BCUT2D eigenvalue weighted by Gasteiger charge is -2.27. The summed E-state index contributed by atoms with van der Waals surface area (Å²) < 4.78 is 10.7. The number of benzene rings is 1. The zero-order chi connectivity index (χ0) is 14.4. The molecule has 0 saturated carbocycles. The SMILES string of the molecule is COc1ccc(OC)c(NC(C)CC2CCCCN2)c1. The van der Waals surface area contributed by atoms with Crippen molar-refractivity contribution in [2.45, 2.75) is 44.7 Å². The minimum absolute atomic E-state index is 0.395. The largest absolute Gasteiger partial charge is 0.497 e. The fourth-order valence-electron chi connectivity index (χ4n) is 2.80. The summed E-state index contributed by atoms with van der Waals surface area (Å²) in [7, 11) is 3.38. The molecule has 0 aliphatic carbocycles. The van der Waals surface area contributed by atoms with E-state index in [1.165, 1.54) is 19.3 Å². The van der Waals surface area contributed by atoms with E-state index in [9.17, 15) is 0 Å². The summed E-state index contributed by atoms with van der Waals surface area (Å²) in [6.07, 6.45) is 5.05. The summed E-state index contributed by atoms with van der Waals surface area (Å²) in [6.45, 7) is 3.37. The number of rotatable bonds is 6. The topological polar surface area (TPSA) is 42.5 Å². The number of methoxy groups -OCH3 is 2. The third-order valence-corrected chi connectivity index (χ3v) is 3.86. The van der Waals surface area contributed by atoms with Crippen molar-refractivity contribution in [3.63, 3.8) is 0 Å². The van der Waals surface area contributed by atoms with Gasteiger partial charge in [0.05, 0.1) is 19.9 Å². The molecule has 20 heavy (non-hydrogen) atoms. The predicted molar refractivity (Wildman–Crippen MR) is 82.9 cm³/mol. The number of nitrogens with one attached hydrogen (secondary N) is 2. The van der Waals surface area contributed by atoms with Crippen molar-refractivity contribution in [2.75, 3.05) is 26.1 Å². The van der Waals surface area contributed by atoms with E-state index in [2.05, 4.69) is 17.6 Å². The molecule has 0 aromatic heterocycles. The number of piperidine rings is 1. The van der Waals surface area contributed by atoms with E-state index in [1.807, 2.05) is 18.2 Å². The molecule has 2 unspecified atom stereocenters. The lowest BCUT2D eigenvalue weighted by molar-refractivity contribution is 0.370. The van der Waals surface area contributed by atoms with Gasteiger partial charge in [-0.2, -0.15) is 0 Å². The highest BCUT2D eigenvalue weighted by molar-refractivity contribution is 5.60. The normalized spacial score (nSPS) is 20.2. The molecule has 1 heterocycles. The Balaban J connectivity index is 1.96. The molecule has 4 nitrogen and oxygen atoms in total. The Bertz CT molecular complexity index is 417. The Hall–Kier alpha value is -1.42. The Kier molecular flexibility index (Phi) is 5.53. The highest BCUT2D eigenvalue weighted by Crippen LogP contribution is 2.30. The van der Waals surface area contributed by atoms with Crippen LogP contribution in [0.25, 0.3) is 0 Å². The molecule has 2 N–H and O–H groups in total. The van der Waals surface area contributed by atoms with Gasteiger partial charge in [0.1, 0.15) is 11.5 Å². The van der Waals surface area contributed by atoms with Gasteiger partial charge < -0.3 is 20.1 Å². The second kappa shape index (κ2) is 7.39. The second-order valence-electron chi connectivity index (χ2n) is 5.49. The molecule has 112 valence electrons. The first-order valence-corrected chi connectivity index (χ1v) is 7.45. The van der Waals surface area contributed by atoms with Crippen LogP contribution in [-0.2, 0) is 0 Å². The first-order valence-electron chi connectivity index (χ1n) is 7.45. The zero-order valence-corrected chi connectivity index (χ0v) is 12.7. The minimum atomic E-state index is 0.395. The fraction of sp³-hybridized carbons (Fsp3) is 0.625. The number of anilines is 1. The van der Waals surface area contributed by atoms with Crippen LogP contribution in [0.4, 0.5) is 5.69 Å². The Morgan fingerprint density at radius 3 is 2.80 bits per heavy atom. The average molecular weight is 278 g/mol. The molecule has 0 bridgehead atoms. The number of ether oxygens (including phenoxy) is 2. The first-order chi connectivity index (χ1) is 9.72. The summed E-state index contributed by atoms with van der Waals surface area (Å²) in [5.41, 5.74) is 0.996. The van der Waals surface area contributed by atoms with Crippen molar-refractivity contribution < 1.29 is 9.47 Å². The lowest BCUT2D eigenvalue weighted by atomic mass is 9.98. The van der Waals surface area contributed by atoms with Crippen LogP contribution in [-0.4, -0.2) is 32.8 Å².